The Morgan fingerprint density at radius 2 is 1.90 bits per heavy atom. The van der Waals surface area contributed by atoms with E-state index in [4.69, 9.17) is 26.8 Å². The van der Waals surface area contributed by atoms with Crippen LogP contribution >= 0.6 is 11.6 Å². The molecular weight excluding hydrogens is 278 g/mol. The third kappa shape index (κ3) is 2.29. The molecule has 0 fully saturated rings. The lowest BCUT2D eigenvalue weighted by atomic mass is 10.0. The number of anilines is 1. The number of ether oxygens (including phenoxy) is 2. The molecule has 5 nitrogen and oxygen atoms in total. The summed E-state index contributed by atoms with van der Waals surface area (Å²) in [5, 5.41) is 4.88. The maximum atomic E-state index is 6.27. The lowest BCUT2D eigenvalue weighted by Crippen LogP contribution is -2.00. The van der Waals surface area contributed by atoms with Gasteiger partial charge in [-0.3, -0.25) is 4.68 Å². The molecule has 2 N–H and O–H groups in total. The van der Waals surface area contributed by atoms with Crippen LogP contribution in [0, 0.1) is 0 Å². The van der Waals surface area contributed by atoms with E-state index < -0.39 is 0 Å². The highest BCUT2D eigenvalue weighted by Crippen LogP contribution is 2.43. The zero-order valence-corrected chi connectivity index (χ0v) is 12.8. The van der Waals surface area contributed by atoms with E-state index in [2.05, 4.69) is 5.10 Å². The van der Waals surface area contributed by atoms with Crippen molar-refractivity contribution in [3.8, 4) is 22.8 Å². The summed E-state index contributed by atoms with van der Waals surface area (Å²) >= 11 is 6.27. The quantitative estimate of drug-likeness (QED) is 0.942. The van der Waals surface area contributed by atoms with Crippen LogP contribution in [0.25, 0.3) is 11.3 Å². The smallest absolute Gasteiger partial charge is 0.179 e. The van der Waals surface area contributed by atoms with Gasteiger partial charge in [0.1, 0.15) is 5.82 Å². The second-order valence-corrected chi connectivity index (χ2v) is 4.79. The van der Waals surface area contributed by atoms with Gasteiger partial charge in [-0.25, -0.2) is 0 Å². The minimum Gasteiger partial charge on any atom is -0.492 e. The fourth-order valence-corrected chi connectivity index (χ4v) is 2.52. The van der Waals surface area contributed by atoms with Crippen molar-refractivity contribution in [3.63, 3.8) is 0 Å². The molecular formula is C14H18ClN3O2. The first-order chi connectivity index (χ1) is 9.53. The van der Waals surface area contributed by atoms with Crippen LogP contribution in [0.1, 0.15) is 12.5 Å². The molecule has 108 valence electrons. The molecule has 0 saturated heterocycles. The van der Waals surface area contributed by atoms with Gasteiger partial charge in [0, 0.05) is 24.2 Å². The van der Waals surface area contributed by atoms with Crippen molar-refractivity contribution in [2.45, 2.75) is 13.3 Å². The summed E-state index contributed by atoms with van der Waals surface area (Å²) in [4.78, 5) is 0. The standard InChI is InChI=1S/C14H18ClN3O2/c1-5-8-9(11-7-12(16)18(2)17-11)6-10(15)14(20-4)13(8)19-3/h6-7H,5,16H2,1-4H3. The normalized spacial score (nSPS) is 10.7. The number of hydrogen-bond donors (Lipinski definition) is 1. The predicted molar refractivity (Wildman–Crippen MR) is 80.5 cm³/mol. The van der Waals surface area contributed by atoms with Crippen LogP contribution < -0.4 is 15.2 Å². The number of methoxy groups -OCH3 is 2. The summed E-state index contributed by atoms with van der Waals surface area (Å²) in [5.41, 5.74) is 8.51. The topological polar surface area (TPSA) is 62.3 Å². The van der Waals surface area contributed by atoms with Crippen LogP contribution in [0.15, 0.2) is 12.1 Å². The molecule has 0 aliphatic carbocycles. The maximum absolute atomic E-state index is 6.27. The van der Waals surface area contributed by atoms with Crippen molar-refractivity contribution in [1.82, 2.24) is 9.78 Å². The van der Waals surface area contributed by atoms with Crippen molar-refractivity contribution in [3.05, 3.63) is 22.7 Å². The fraction of sp³-hybridized carbons (Fsp3) is 0.357. The summed E-state index contributed by atoms with van der Waals surface area (Å²) in [5.74, 6) is 1.77. The number of nitrogens with two attached hydrogens (primary N) is 1. The minimum absolute atomic E-state index is 0.487. The van der Waals surface area contributed by atoms with E-state index in [1.54, 1.807) is 25.9 Å². The number of aromatic nitrogens is 2. The predicted octanol–water partition coefficient (Wildman–Crippen LogP) is 2.90. The van der Waals surface area contributed by atoms with Crippen LogP contribution in [-0.4, -0.2) is 24.0 Å². The molecule has 0 aliphatic rings. The first kappa shape index (κ1) is 14.5. The Morgan fingerprint density at radius 1 is 1.25 bits per heavy atom. The molecule has 0 amide bonds. The highest BCUT2D eigenvalue weighted by atomic mass is 35.5. The summed E-state index contributed by atoms with van der Waals surface area (Å²) in [6, 6.07) is 3.65. The van der Waals surface area contributed by atoms with Crippen molar-refractivity contribution in [1.29, 1.82) is 0 Å². The molecule has 2 aromatic rings. The van der Waals surface area contributed by atoms with E-state index in [0.29, 0.717) is 22.3 Å². The van der Waals surface area contributed by atoms with E-state index in [-0.39, 0.29) is 0 Å². The lowest BCUT2D eigenvalue weighted by Gasteiger charge is -2.16. The number of aryl methyl sites for hydroxylation is 1. The Hall–Kier alpha value is -1.88. The van der Waals surface area contributed by atoms with E-state index in [1.807, 2.05) is 19.1 Å². The second-order valence-electron chi connectivity index (χ2n) is 4.38. The first-order valence-corrected chi connectivity index (χ1v) is 6.64. The van der Waals surface area contributed by atoms with Gasteiger partial charge in [-0.2, -0.15) is 5.10 Å². The fourth-order valence-electron chi connectivity index (χ4n) is 2.25. The van der Waals surface area contributed by atoms with Crippen LogP contribution in [0.4, 0.5) is 5.82 Å². The summed E-state index contributed by atoms with van der Waals surface area (Å²) in [6.45, 7) is 2.04. The van der Waals surface area contributed by atoms with Gasteiger partial charge in [-0.1, -0.05) is 18.5 Å². The second kappa shape index (κ2) is 5.63. The minimum atomic E-state index is 0.487. The Bertz CT molecular complexity index is 618. The van der Waals surface area contributed by atoms with Crippen LogP contribution in [0.5, 0.6) is 11.5 Å². The molecule has 1 aromatic heterocycles. The number of nitrogen functional groups attached to an aromatic ring is 1. The van der Waals surface area contributed by atoms with Gasteiger partial charge in [-0.15, -0.1) is 0 Å². The van der Waals surface area contributed by atoms with Crippen LogP contribution in [0.2, 0.25) is 5.02 Å². The molecule has 0 unspecified atom stereocenters. The molecule has 0 spiro atoms. The van der Waals surface area contributed by atoms with Crippen molar-refractivity contribution in [2.75, 3.05) is 20.0 Å². The average Bonchev–Trinajstić information content (AvgIpc) is 2.77. The van der Waals surface area contributed by atoms with Crippen LogP contribution in [-0.2, 0) is 13.5 Å². The molecule has 0 aliphatic heterocycles. The summed E-state index contributed by atoms with van der Waals surface area (Å²) in [7, 11) is 4.97. The molecule has 0 radical (unpaired) electrons. The van der Waals surface area contributed by atoms with Gasteiger partial charge in [-0.05, 0) is 12.5 Å². The number of benzene rings is 1. The molecule has 2 rings (SSSR count). The summed E-state index contributed by atoms with van der Waals surface area (Å²) in [6.07, 6.45) is 0.766. The Morgan fingerprint density at radius 3 is 2.35 bits per heavy atom. The lowest BCUT2D eigenvalue weighted by molar-refractivity contribution is 0.352. The molecule has 0 saturated carbocycles. The molecule has 20 heavy (non-hydrogen) atoms. The van der Waals surface area contributed by atoms with Crippen LogP contribution in [0.3, 0.4) is 0 Å². The largest absolute Gasteiger partial charge is 0.492 e. The maximum Gasteiger partial charge on any atom is 0.179 e. The molecule has 0 atom stereocenters. The number of rotatable bonds is 4. The Labute approximate surface area is 123 Å². The van der Waals surface area contributed by atoms with Gasteiger partial charge >= 0.3 is 0 Å². The van der Waals surface area contributed by atoms with E-state index in [1.165, 1.54) is 0 Å². The zero-order chi connectivity index (χ0) is 14.9. The summed E-state index contributed by atoms with van der Waals surface area (Å²) < 4.78 is 12.4. The molecule has 0 bridgehead atoms. The van der Waals surface area contributed by atoms with Gasteiger partial charge in [0.25, 0.3) is 0 Å². The molecule has 6 heteroatoms. The number of halogens is 1. The van der Waals surface area contributed by atoms with Crippen molar-refractivity contribution in [2.24, 2.45) is 7.05 Å². The van der Waals surface area contributed by atoms with Crippen molar-refractivity contribution >= 4 is 17.4 Å². The number of hydrogen-bond acceptors (Lipinski definition) is 4. The van der Waals surface area contributed by atoms with E-state index in [9.17, 15) is 0 Å². The first-order valence-electron chi connectivity index (χ1n) is 6.26. The third-order valence-corrected chi connectivity index (χ3v) is 3.53. The molecule has 1 heterocycles. The molecule has 1 aromatic carbocycles. The number of nitrogens with zero attached hydrogens (tertiary/aromatic N) is 2. The monoisotopic (exact) mass is 295 g/mol. The van der Waals surface area contributed by atoms with E-state index >= 15 is 0 Å². The Balaban J connectivity index is 2.73. The third-order valence-electron chi connectivity index (χ3n) is 3.25. The van der Waals surface area contributed by atoms with Gasteiger partial charge in [0.15, 0.2) is 11.5 Å². The van der Waals surface area contributed by atoms with Gasteiger partial charge < -0.3 is 15.2 Å². The van der Waals surface area contributed by atoms with Gasteiger partial charge in [0.05, 0.1) is 24.9 Å². The highest BCUT2D eigenvalue weighted by molar-refractivity contribution is 6.32. The van der Waals surface area contributed by atoms with Gasteiger partial charge in [0.2, 0.25) is 0 Å². The van der Waals surface area contributed by atoms with Crippen molar-refractivity contribution < 1.29 is 9.47 Å². The van der Waals surface area contributed by atoms with E-state index in [0.717, 1.165) is 23.2 Å². The zero-order valence-electron chi connectivity index (χ0n) is 12.0. The SMILES string of the molecule is CCc1c(-c2cc(N)n(C)n2)cc(Cl)c(OC)c1OC. The Kier molecular flexibility index (Phi) is 4.09. The average molecular weight is 296 g/mol. The highest BCUT2D eigenvalue weighted by Gasteiger charge is 2.20.